The molecule has 0 spiro atoms. The molecule has 12 heavy (non-hydrogen) atoms. The smallest absolute Gasteiger partial charge is 0.221 e. The monoisotopic (exact) mass is 230 g/mol. The van der Waals surface area contributed by atoms with E-state index in [1.54, 1.807) is 14.2 Å². The van der Waals surface area contributed by atoms with Gasteiger partial charge in [0.2, 0.25) is 5.79 Å². The summed E-state index contributed by atoms with van der Waals surface area (Å²) >= 11 is 0. The van der Waals surface area contributed by atoms with Gasteiger partial charge in [0.1, 0.15) is 0 Å². The van der Waals surface area contributed by atoms with Crippen LogP contribution in [0.3, 0.4) is 0 Å². The maximum atomic E-state index is 5.28. The highest BCUT2D eigenvalue weighted by molar-refractivity contribution is 8.93. The molecule has 2 bridgehead atoms. The zero-order valence-corrected chi connectivity index (χ0v) is 8.75. The fourth-order valence-corrected chi connectivity index (χ4v) is 1.57. The first-order valence-electron chi connectivity index (χ1n) is 3.55. The van der Waals surface area contributed by atoms with E-state index in [0.717, 1.165) is 11.1 Å². The summed E-state index contributed by atoms with van der Waals surface area (Å²) in [6.45, 7) is 0. The summed E-state index contributed by atoms with van der Waals surface area (Å²) in [7, 11) is 3.31. The van der Waals surface area contributed by atoms with Crippen molar-refractivity contribution in [3.8, 4) is 0 Å². The van der Waals surface area contributed by atoms with Crippen molar-refractivity contribution in [2.24, 2.45) is 0 Å². The van der Waals surface area contributed by atoms with Crippen molar-refractivity contribution in [2.45, 2.75) is 5.79 Å². The Labute approximate surface area is 82.3 Å². The summed E-state index contributed by atoms with van der Waals surface area (Å²) in [5.74, 6) is -0.547. The topological polar surface area (TPSA) is 18.5 Å². The van der Waals surface area contributed by atoms with Gasteiger partial charge in [-0.2, -0.15) is 0 Å². The molecule has 3 heteroatoms. The molecule has 2 aliphatic carbocycles. The van der Waals surface area contributed by atoms with Gasteiger partial charge in [-0.15, -0.1) is 17.0 Å². The summed E-state index contributed by atoms with van der Waals surface area (Å²) in [5, 5.41) is 0. The summed E-state index contributed by atoms with van der Waals surface area (Å²) in [6, 6.07) is 8.06. The quantitative estimate of drug-likeness (QED) is 0.725. The zero-order chi connectivity index (χ0) is 7.90. The van der Waals surface area contributed by atoms with Gasteiger partial charge < -0.3 is 9.47 Å². The van der Waals surface area contributed by atoms with Crippen LogP contribution in [0, 0.1) is 0 Å². The Balaban J connectivity index is 0.000000720. The van der Waals surface area contributed by atoms with E-state index in [2.05, 4.69) is 6.07 Å². The van der Waals surface area contributed by atoms with Crippen LogP contribution in [0.4, 0.5) is 0 Å². The fraction of sp³-hybridized carbons (Fsp3) is 0.333. The van der Waals surface area contributed by atoms with Gasteiger partial charge in [0.25, 0.3) is 0 Å². The first-order valence-corrected chi connectivity index (χ1v) is 3.55. The lowest BCUT2D eigenvalue weighted by Crippen LogP contribution is -2.38. The Bertz CT molecular complexity index is 253. The summed E-state index contributed by atoms with van der Waals surface area (Å²) in [6.07, 6.45) is 0. The Morgan fingerprint density at radius 2 is 1.58 bits per heavy atom. The lowest BCUT2D eigenvalue weighted by molar-refractivity contribution is -0.193. The van der Waals surface area contributed by atoms with Crippen LogP contribution in [0.25, 0.3) is 0 Å². The number of methoxy groups -OCH3 is 2. The molecule has 0 saturated heterocycles. The number of fused-ring (bicyclic) bond motifs is 2. The fourth-order valence-electron chi connectivity index (χ4n) is 1.57. The van der Waals surface area contributed by atoms with Gasteiger partial charge in [0.15, 0.2) is 0 Å². The molecule has 0 radical (unpaired) electrons. The van der Waals surface area contributed by atoms with Gasteiger partial charge >= 0.3 is 0 Å². The van der Waals surface area contributed by atoms with Crippen molar-refractivity contribution < 1.29 is 9.47 Å². The predicted molar refractivity (Wildman–Crippen MR) is 51.6 cm³/mol. The van der Waals surface area contributed by atoms with Crippen LogP contribution in [0.1, 0.15) is 11.1 Å². The first kappa shape index (κ1) is 9.71. The molecular weight excluding hydrogens is 220 g/mol. The van der Waals surface area contributed by atoms with Gasteiger partial charge in [-0.1, -0.05) is 18.2 Å². The zero-order valence-electron chi connectivity index (χ0n) is 7.03. The molecule has 0 aromatic heterocycles. The van der Waals surface area contributed by atoms with Crippen LogP contribution < -0.4 is 0 Å². The van der Waals surface area contributed by atoms with Crippen LogP contribution >= 0.6 is 17.0 Å². The maximum absolute atomic E-state index is 5.28. The molecule has 0 atom stereocenters. The average Bonchev–Trinajstić information content (AvgIpc) is 2.08. The molecular formula is C9H11BrO2. The highest BCUT2D eigenvalue weighted by atomic mass is 79.9. The molecule has 0 saturated carbocycles. The highest BCUT2D eigenvalue weighted by Crippen LogP contribution is 2.42. The molecule has 66 valence electrons. The first-order chi connectivity index (χ1) is 5.33. The maximum Gasteiger partial charge on any atom is 0.221 e. The normalized spacial score (nSPS) is 16.2. The molecule has 0 fully saturated rings. The second-order valence-corrected chi connectivity index (χ2v) is 2.61. The van der Waals surface area contributed by atoms with Crippen LogP contribution in [0.5, 0.6) is 0 Å². The Morgan fingerprint density at radius 3 is 1.83 bits per heavy atom. The Morgan fingerprint density at radius 1 is 1.08 bits per heavy atom. The predicted octanol–water partition coefficient (Wildman–Crippen LogP) is 2.07. The van der Waals surface area contributed by atoms with E-state index in [4.69, 9.17) is 9.47 Å². The van der Waals surface area contributed by atoms with E-state index in [9.17, 15) is 0 Å². The Hall–Kier alpha value is -0.380. The molecule has 0 aliphatic heterocycles. The molecule has 2 aliphatic rings. The third-order valence-electron chi connectivity index (χ3n) is 2.20. The van der Waals surface area contributed by atoms with Crippen LogP contribution in [-0.2, 0) is 15.3 Å². The number of hydrogen-bond donors (Lipinski definition) is 0. The molecule has 0 unspecified atom stereocenters. The second-order valence-electron chi connectivity index (χ2n) is 2.61. The molecule has 0 amide bonds. The average molecular weight is 231 g/mol. The minimum atomic E-state index is -0.547. The number of ether oxygens (including phenoxy) is 2. The molecule has 3 rings (SSSR count). The van der Waals surface area contributed by atoms with Gasteiger partial charge in [-0.05, 0) is 6.07 Å². The van der Waals surface area contributed by atoms with Gasteiger partial charge in [0, 0.05) is 25.3 Å². The van der Waals surface area contributed by atoms with E-state index >= 15 is 0 Å². The number of benzene rings is 1. The number of hydrogen-bond acceptors (Lipinski definition) is 2. The van der Waals surface area contributed by atoms with E-state index in [1.807, 2.05) is 18.2 Å². The van der Waals surface area contributed by atoms with Crippen LogP contribution in [-0.4, -0.2) is 14.2 Å². The van der Waals surface area contributed by atoms with Crippen molar-refractivity contribution >= 4 is 17.0 Å². The van der Waals surface area contributed by atoms with E-state index in [0.29, 0.717) is 0 Å². The summed E-state index contributed by atoms with van der Waals surface area (Å²) in [4.78, 5) is 0. The Kier molecular flexibility index (Phi) is 2.56. The van der Waals surface area contributed by atoms with E-state index in [1.165, 1.54) is 0 Å². The van der Waals surface area contributed by atoms with Crippen molar-refractivity contribution in [3.05, 3.63) is 35.4 Å². The molecule has 0 N–H and O–H groups in total. The lowest BCUT2D eigenvalue weighted by Gasteiger charge is -2.38. The SMILES string of the molecule is Br.COC1(OC)c2cccc1c2. The summed E-state index contributed by atoms with van der Waals surface area (Å²) in [5.41, 5.74) is 2.19. The third kappa shape index (κ3) is 0.937. The highest BCUT2D eigenvalue weighted by Gasteiger charge is 2.41. The van der Waals surface area contributed by atoms with Crippen molar-refractivity contribution in [1.29, 1.82) is 0 Å². The second kappa shape index (κ2) is 3.17. The molecule has 1 aromatic rings. The molecule has 0 heterocycles. The minimum absolute atomic E-state index is 0. The van der Waals surface area contributed by atoms with Gasteiger partial charge in [0.05, 0.1) is 0 Å². The molecule has 1 aromatic carbocycles. The van der Waals surface area contributed by atoms with Crippen molar-refractivity contribution in [2.75, 3.05) is 14.2 Å². The van der Waals surface area contributed by atoms with Gasteiger partial charge in [-0.3, -0.25) is 0 Å². The van der Waals surface area contributed by atoms with Crippen LogP contribution in [0.2, 0.25) is 0 Å². The standard InChI is InChI=1S/C9H10O2.BrH/c1-10-9(11-2)7-4-3-5-8(9)6-7;/h3-6H,1-2H3;1H. The van der Waals surface area contributed by atoms with E-state index in [-0.39, 0.29) is 17.0 Å². The summed E-state index contributed by atoms with van der Waals surface area (Å²) < 4.78 is 10.6. The van der Waals surface area contributed by atoms with Crippen LogP contribution in [0.15, 0.2) is 24.3 Å². The third-order valence-corrected chi connectivity index (χ3v) is 2.20. The number of halogens is 1. The molecule has 2 nitrogen and oxygen atoms in total. The van der Waals surface area contributed by atoms with Gasteiger partial charge in [-0.25, -0.2) is 0 Å². The van der Waals surface area contributed by atoms with Crippen molar-refractivity contribution in [1.82, 2.24) is 0 Å². The number of rotatable bonds is 2. The lowest BCUT2D eigenvalue weighted by atomic mass is 9.85. The largest absolute Gasteiger partial charge is 0.346 e. The van der Waals surface area contributed by atoms with Crippen molar-refractivity contribution in [3.63, 3.8) is 0 Å². The van der Waals surface area contributed by atoms with E-state index < -0.39 is 5.79 Å². The minimum Gasteiger partial charge on any atom is -0.346 e.